The molecule has 1 aliphatic rings. The van der Waals surface area contributed by atoms with Crippen molar-refractivity contribution in [1.29, 1.82) is 0 Å². The molecule has 1 aliphatic heterocycles. The summed E-state index contributed by atoms with van der Waals surface area (Å²) in [5, 5.41) is 1.04. The van der Waals surface area contributed by atoms with Gasteiger partial charge in [0.1, 0.15) is 5.82 Å². The number of nitrogens with zero attached hydrogens (tertiary/aromatic N) is 2. The number of hydrogen-bond acceptors (Lipinski definition) is 5. The van der Waals surface area contributed by atoms with Crippen molar-refractivity contribution in [2.45, 2.75) is 39.3 Å². The van der Waals surface area contributed by atoms with Crippen LogP contribution >= 0.6 is 23.2 Å². The Kier molecular flexibility index (Phi) is 5.04. The molecule has 0 radical (unpaired) electrons. The standard InChI is InChI=1S/C20H19Cl2N3O3/c1-10(2)19-23-16-3-4-25(8-14(16)20(27)24-19)7-11-9-28-18-13(17(11)26)5-12(21)6-15(18)22/h5-6,9-10H,3-4,7-8H2,1-2H3,(H,23,24,27). The van der Waals surface area contributed by atoms with Crippen molar-refractivity contribution in [3.05, 3.63) is 71.7 Å². The van der Waals surface area contributed by atoms with Gasteiger partial charge in [0, 0.05) is 42.6 Å². The summed E-state index contributed by atoms with van der Waals surface area (Å²) in [6.07, 6.45) is 2.10. The second-order valence-electron chi connectivity index (χ2n) is 7.35. The average Bonchev–Trinajstić information content (AvgIpc) is 2.64. The molecule has 28 heavy (non-hydrogen) atoms. The van der Waals surface area contributed by atoms with Gasteiger partial charge in [-0.1, -0.05) is 37.0 Å². The molecular formula is C20H19Cl2N3O3. The molecule has 3 heterocycles. The van der Waals surface area contributed by atoms with Crippen LogP contribution in [0.25, 0.3) is 11.0 Å². The summed E-state index contributed by atoms with van der Waals surface area (Å²) in [6.45, 7) is 5.50. The third-order valence-electron chi connectivity index (χ3n) is 4.97. The molecule has 1 aromatic carbocycles. The van der Waals surface area contributed by atoms with Crippen LogP contribution in [0.3, 0.4) is 0 Å². The van der Waals surface area contributed by atoms with Gasteiger partial charge in [-0.05, 0) is 12.1 Å². The molecule has 8 heteroatoms. The topological polar surface area (TPSA) is 79.2 Å². The number of halogens is 2. The van der Waals surface area contributed by atoms with E-state index in [4.69, 9.17) is 27.6 Å². The first-order chi connectivity index (χ1) is 13.3. The summed E-state index contributed by atoms with van der Waals surface area (Å²) in [5.41, 5.74) is 2.05. The molecule has 1 N–H and O–H groups in total. The fourth-order valence-corrected chi connectivity index (χ4v) is 4.00. The van der Waals surface area contributed by atoms with Gasteiger partial charge in [-0.15, -0.1) is 0 Å². The zero-order chi connectivity index (χ0) is 20.0. The minimum atomic E-state index is -0.168. The number of nitrogens with one attached hydrogen (secondary N) is 1. The lowest BCUT2D eigenvalue weighted by Crippen LogP contribution is -2.36. The van der Waals surface area contributed by atoms with Crippen LogP contribution in [0.15, 0.2) is 32.4 Å². The number of benzene rings is 1. The van der Waals surface area contributed by atoms with Gasteiger partial charge in [0.2, 0.25) is 0 Å². The van der Waals surface area contributed by atoms with Crippen LogP contribution in [0.1, 0.15) is 42.4 Å². The molecule has 0 saturated heterocycles. The number of rotatable bonds is 3. The summed E-state index contributed by atoms with van der Waals surface area (Å²) in [4.78, 5) is 34.8. The molecule has 0 atom stereocenters. The summed E-state index contributed by atoms with van der Waals surface area (Å²) < 4.78 is 5.59. The Labute approximate surface area is 171 Å². The quantitative estimate of drug-likeness (QED) is 0.696. The van der Waals surface area contributed by atoms with Crippen LogP contribution < -0.4 is 11.0 Å². The van der Waals surface area contributed by atoms with Gasteiger partial charge in [-0.3, -0.25) is 14.5 Å². The second kappa shape index (κ2) is 7.35. The Morgan fingerprint density at radius 2 is 2.07 bits per heavy atom. The lowest BCUT2D eigenvalue weighted by atomic mass is 10.0. The SMILES string of the molecule is CC(C)c1nc2c(c(=O)[nH]1)CN(Cc1coc3c(Cl)cc(Cl)cc3c1=O)CC2. The molecule has 0 amide bonds. The van der Waals surface area contributed by atoms with Gasteiger partial charge >= 0.3 is 0 Å². The first-order valence-electron chi connectivity index (χ1n) is 9.07. The molecule has 6 nitrogen and oxygen atoms in total. The lowest BCUT2D eigenvalue weighted by Gasteiger charge is -2.27. The average molecular weight is 420 g/mol. The number of fused-ring (bicyclic) bond motifs is 2. The summed E-state index contributed by atoms with van der Waals surface area (Å²) in [5.74, 6) is 0.873. The largest absolute Gasteiger partial charge is 0.462 e. The third-order valence-corrected chi connectivity index (χ3v) is 5.47. The van der Waals surface area contributed by atoms with Gasteiger partial charge in [0.15, 0.2) is 11.0 Å². The number of aromatic amines is 1. The summed E-state index contributed by atoms with van der Waals surface area (Å²) in [7, 11) is 0. The van der Waals surface area contributed by atoms with Crippen molar-refractivity contribution in [2.75, 3.05) is 6.54 Å². The van der Waals surface area contributed by atoms with Crippen LogP contribution in [0.4, 0.5) is 0 Å². The minimum Gasteiger partial charge on any atom is -0.462 e. The van der Waals surface area contributed by atoms with Crippen LogP contribution in [-0.2, 0) is 19.5 Å². The maximum Gasteiger partial charge on any atom is 0.255 e. The lowest BCUT2D eigenvalue weighted by molar-refractivity contribution is 0.239. The highest BCUT2D eigenvalue weighted by Crippen LogP contribution is 2.27. The van der Waals surface area contributed by atoms with Crippen molar-refractivity contribution in [2.24, 2.45) is 0 Å². The van der Waals surface area contributed by atoms with Crippen molar-refractivity contribution < 1.29 is 4.42 Å². The van der Waals surface area contributed by atoms with E-state index < -0.39 is 0 Å². The Morgan fingerprint density at radius 1 is 1.29 bits per heavy atom. The van der Waals surface area contributed by atoms with E-state index in [9.17, 15) is 9.59 Å². The maximum absolute atomic E-state index is 12.9. The van der Waals surface area contributed by atoms with Gasteiger partial charge in [-0.2, -0.15) is 0 Å². The Morgan fingerprint density at radius 3 is 2.82 bits per heavy atom. The van der Waals surface area contributed by atoms with E-state index in [1.807, 2.05) is 18.7 Å². The predicted octanol–water partition coefficient (Wildman–Crippen LogP) is 3.86. The molecule has 3 aromatic rings. The van der Waals surface area contributed by atoms with Gasteiger partial charge in [-0.25, -0.2) is 4.98 Å². The predicted molar refractivity (Wildman–Crippen MR) is 109 cm³/mol. The molecule has 0 aliphatic carbocycles. The van der Waals surface area contributed by atoms with E-state index in [1.54, 1.807) is 12.1 Å². The van der Waals surface area contributed by atoms with Crippen LogP contribution in [0.5, 0.6) is 0 Å². The van der Waals surface area contributed by atoms with E-state index in [0.29, 0.717) is 64.0 Å². The van der Waals surface area contributed by atoms with Crippen molar-refractivity contribution in [3.63, 3.8) is 0 Å². The van der Waals surface area contributed by atoms with Gasteiger partial charge < -0.3 is 9.40 Å². The zero-order valence-electron chi connectivity index (χ0n) is 15.5. The Balaban J connectivity index is 1.64. The fourth-order valence-electron chi connectivity index (χ4n) is 3.46. The highest BCUT2D eigenvalue weighted by atomic mass is 35.5. The van der Waals surface area contributed by atoms with Crippen LogP contribution in [0, 0.1) is 0 Å². The number of H-pyrrole nitrogens is 1. The normalized spacial score (nSPS) is 14.6. The first-order valence-corrected chi connectivity index (χ1v) is 9.83. The monoisotopic (exact) mass is 419 g/mol. The molecule has 2 aromatic heterocycles. The molecule has 0 saturated carbocycles. The molecule has 146 valence electrons. The highest BCUT2D eigenvalue weighted by molar-refractivity contribution is 6.38. The van der Waals surface area contributed by atoms with Gasteiger partial charge in [0.25, 0.3) is 5.56 Å². The molecular weight excluding hydrogens is 401 g/mol. The number of aromatic nitrogens is 2. The second-order valence-corrected chi connectivity index (χ2v) is 8.19. The zero-order valence-corrected chi connectivity index (χ0v) is 17.0. The van der Waals surface area contributed by atoms with Crippen molar-refractivity contribution >= 4 is 34.2 Å². The van der Waals surface area contributed by atoms with E-state index in [2.05, 4.69) is 9.97 Å². The molecule has 0 unspecified atom stereocenters. The smallest absolute Gasteiger partial charge is 0.255 e. The summed E-state index contributed by atoms with van der Waals surface area (Å²) >= 11 is 12.1. The first kappa shape index (κ1) is 19.2. The molecule has 0 spiro atoms. The van der Waals surface area contributed by atoms with E-state index in [-0.39, 0.29) is 16.9 Å². The highest BCUT2D eigenvalue weighted by Gasteiger charge is 2.23. The molecule has 0 bridgehead atoms. The minimum absolute atomic E-state index is 0.109. The Hall–Kier alpha value is -2.15. The maximum atomic E-state index is 12.9. The van der Waals surface area contributed by atoms with Gasteiger partial charge in [0.05, 0.1) is 27.9 Å². The molecule has 0 fully saturated rings. The van der Waals surface area contributed by atoms with E-state index >= 15 is 0 Å². The van der Waals surface area contributed by atoms with Crippen LogP contribution in [0.2, 0.25) is 10.0 Å². The van der Waals surface area contributed by atoms with E-state index in [1.165, 1.54) is 6.26 Å². The number of hydrogen-bond donors (Lipinski definition) is 1. The third kappa shape index (κ3) is 3.48. The van der Waals surface area contributed by atoms with Crippen LogP contribution in [-0.4, -0.2) is 21.4 Å². The fraction of sp³-hybridized carbons (Fsp3) is 0.350. The molecule has 4 rings (SSSR count). The van der Waals surface area contributed by atoms with Crippen molar-refractivity contribution in [1.82, 2.24) is 14.9 Å². The van der Waals surface area contributed by atoms with E-state index in [0.717, 1.165) is 5.69 Å². The Bertz CT molecular complexity index is 1180. The summed E-state index contributed by atoms with van der Waals surface area (Å²) in [6, 6.07) is 3.10. The van der Waals surface area contributed by atoms with Crippen molar-refractivity contribution in [3.8, 4) is 0 Å².